The molecule has 0 saturated heterocycles. The van der Waals surface area contributed by atoms with Gasteiger partial charge in [0.2, 0.25) is 0 Å². The predicted molar refractivity (Wildman–Crippen MR) is 458 cm³/mol. The van der Waals surface area contributed by atoms with Crippen LogP contribution in [0.25, 0.3) is 265 Å². The van der Waals surface area contributed by atoms with Crippen LogP contribution in [-0.4, -0.2) is 39.0 Å². The van der Waals surface area contributed by atoms with E-state index in [0.717, 1.165) is 165 Å². The quantitative estimate of drug-likeness (QED) is 0.131. The molecule has 26 rings (SSSR count). The Balaban J connectivity index is 0.588. The fourth-order valence-corrected chi connectivity index (χ4v) is 19.2. The van der Waals surface area contributed by atoms with Gasteiger partial charge in [-0.15, -0.1) is 0 Å². The molecule has 0 aliphatic heterocycles. The minimum absolute atomic E-state index is 0.578. The molecule has 2 aliphatic rings. The number of furan rings is 2. The number of fused-ring (bicyclic) bond motifs is 7. The smallest absolute Gasteiger partial charge is 0.164 e. The van der Waals surface area contributed by atoms with E-state index in [4.69, 9.17) is 38.7 Å². The first-order valence-electron chi connectivity index (χ1n) is 38.0. The van der Waals surface area contributed by atoms with Gasteiger partial charge in [-0.1, -0.05) is 249 Å². The highest BCUT2D eigenvalue weighted by molar-refractivity contribution is 6.40. The maximum atomic E-state index is 7.25. The number of hydrogen-bond acceptors (Lipinski definition) is 8. The molecular formula is C102H54N8O2. The summed E-state index contributed by atoms with van der Waals surface area (Å²) in [6.45, 7) is 0. The molecule has 0 bridgehead atoms. The highest BCUT2D eigenvalue weighted by Gasteiger charge is 2.31. The summed E-state index contributed by atoms with van der Waals surface area (Å²) in [6, 6.07) is 117. The monoisotopic (exact) mass is 1420 g/mol. The van der Waals surface area contributed by atoms with E-state index in [9.17, 15) is 0 Å². The average molecular weight is 1420 g/mol. The van der Waals surface area contributed by atoms with Crippen molar-refractivity contribution in [3.05, 3.63) is 328 Å². The molecule has 0 unspecified atom stereocenters. The minimum atomic E-state index is 0.578. The van der Waals surface area contributed by atoms with Gasteiger partial charge in [0.25, 0.3) is 0 Å². The Labute approximate surface area is 636 Å². The van der Waals surface area contributed by atoms with E-state index in [1.807, 2.05) is 36.4 Å². The zero-order chi connectivity index (χ0) is 72.7. The van der Waals surface area contributed by atoms with Crippen molar-refractivity contribution in [3.63, 3.8) is 0 Å². The maximum absolute atomic E-state index is 7.25. The number of aromatic nitrogens is 8. The van der Waals surface area contributed by atoms with E-state index in [2.05, 4.69) is 300 Å². The van der Waals surface area contributed by atoms with Gasteiger partial charge >= 0.3 is 0 Å². The maximum Gasteiger partial charge on any atom is 0.164 e. The van der Waals surface area contributed by atoms with E-state index in [0.29, 0.717) is 34.9 Å². The first-order chi connectivity index (χ1) is 55.5. The van der Waals surface area contributed by atoms with Gasteiger partial charge in [0.05, 0.1) is 27.8 Å². The standard InChI is InChI=1S/C102H54N8O2/c1-3-16-59(17-4-1)97-103-99(106-101(105-97)75-29-11-22-62-52-65(44-45-67(62)75)109-79-31-13-26-71-73-28-15-33-83-90(73)94-84(111-83)50-42-57-40-48-81(109)92(86(57)94)88(71)79)61-37-34-56(35-38-61)68-46-47-74-72-27-14-32-80-89(72)93-82(49-41-58-43-51-85-95(87(58)93)91(74)96(68)112-85)110(80)78-30-12-21-55-36-39-64(54-76(55)78)100-104-98(60-18-5-2-6-19-60)107-102(108-100)77-53-63-20-7-8-23-66(63)69-24-9-10-25-70(69)77/h1-54H. The molecule has 0 saturated carbocycles. The number of hydrogen-bond donors (Lipinski definition) is 0. The SMILES string of the molecule is c1ccc(-c2nc(-c3ccc(-c4ccc5c6c4oc4ccc7ccc8c(c9c-5cccc9n8-c5cccc8ccc(-c9nc(-c%10ccccc%10)nc(-c%10cc%11ccccc%11c%11ccccc%10%11)n9)cc58)c7c46)cc3)nc(-c3cccc4cc(-n5c6cccc7c6c6c8c(ccc9oc%10cccc-7c%10c98)ccc65)ccc34)n2)cc1. The lowest BCUT2D eigenvalue weighted by Crippen LogP contribution is -2.01. The fourth-order valence-electron chi connectivity index (χ4n) is 19.2. The zero-order valence-corrected chi connectivity index (χ0v) is 59.6. The molecule has 2 aliphatic carbocycles. The van der Waals surface area contributed by atoms with Crippen molar-refractivity contribution < 1.29 is 8.83 Å². The van der Waals surface area contributed by atoms with Crippen molar-refractivity contribution in [2.75, 3.05) is 0 Å². The molecule has 112 heavy (non-hydrogen) atoms. The summed E-state index contributed by atoms with van der Waals surface area (Å²) in [5, 5.41) is 23.1. The van der Waals surface area contributed by atoms with E-state index in [1.165, 1.54) is 65.0 Å². The molecule has 6 aromatic heterocycles. The molecule has 6 heterocycles. The Morgan fingerprint density at radius 2 is 0.670 bits per heavy atom. The molecule has 0 N–H and O–H groups in total. The Morgan fingerprint density at radius 3 is 1.39 bits per heavy atom. The Hall–Kier alpha value is -15.3. The number of rotatable bonds is 9. The van der Waals surface area contributed by atoms with Crippen LogP contribution in [0.2, 0.25) is 0 Å². The molecule has 10 nitrogen and oxygen atoms in total. The molecule has 0 fully saturated rings. The highest BCUT2D eigenvalue weighted by atomic mass is 16.3. The van der Waals surface area contributed by atoms with E-state index >= 15 is 0 Å². The Morgan fingerprint density at radius 1 is 0.196 bits per heavy atom. The van der Waals surface area contributed by atoms with Crippen molar-refractivity contribution >= 4 is 152 Å². The Bertz CT molecular complexity index is 8380. The van der Waals surface area contributed by atoms with Crippen LogP contribution in [0.5, 0.6) is 0 Å². The van der Waals surface area contributed by atoms with Crippen LogP contribution in [0.4, 0.5) is 0 Å². The van der Waals surface area contributed by atoms with E-state index in [-0.39, 0.29) is 0 Å². The van der Waals surface area contributed by atoms with Gasteiger partial charge < -0.3 is 18.0 Å². The van der Waals surface area contributed by atoms with Gasteiger partial charge in [-0.3, -0.25) is 0 Å². The lowest BCUT2D eigenvalue weighted by molar-refractivity contribution is 0.669. The first kappa shape index (κ1) is 59.8. The summed E-state index contributed by atoms with van der Waals surface area (Å²) in [6.07, 6.45) is 0. The molecule has 0 amide bonds. The molecule has 0 atom stereocenters. The Kier molecular flexibility index (Phi) is 11.9. The number of benzene rings is 18. The summed E-state index contributed by atoms with van der Waals surface area (Å²) in [5.41, 5.74) is 22.4. The largest absolute Gasteiger partial charge is 0.456 e. The topological polar surface area (TPSA) is 113 Å². The van der Waals surface area contributed by atoms with Gasteiger partial charge in [-0.25, -0.2) is 29.9 Å². The second-order valence-electron chi connectivity index (χ2n) is 29.8. The summed E-state index contributed by atoms with van der Waals surface area (Å²) in [7, 11) is 0. The molecule has 514 valence electrons. The lowest BCUT2D eigenvalue weighted by Gasteiger charge is -2.15. The first-order valence-corrected chi connectivity index (χ1v) is 38.0. The summed E-state index contributed by atoms with van der Waals surface area (Å²) >= 11 is 0. The average Bonchev–Trinajstić information content (AvgIpc) is 1.53. The van der Waals surface area contributed by atoms with Crippen LogP contribution in [0.3, 0.4) is 0 Å². The number of nitrogens with zero attached hydrogens (tertiary/aromatic N) is 8. The zero-order valence-electron chi connectivity index (χ0n) is 59.6. The van der Waals surface area contributed by atoms with Crippen LogP contribution >= 0.6 is 0 Å². The summed E-state index contributed by atoms with van der Waals surface area (Å²) in [5.74, 6) is 3.60. The van der Waals surface area contributed by atoms with Crippen LogP contribution in [0.1, 0.15) is 0 Å². The van der Waals surface area contributed by atoms with Gasteiger partial charge in [0.1, 0.15) is 22.3 Å². The summed E-state index contributed by atoms with van der Waals surface area (Å²) in [4.78, 5) is 31.9. The van der Waals surface area contributed by atoms with Gasteiger partial charge in [0.15, 0.2) is 34.9 Å². The second-order valence-corrected chi connectivity index (χ2v) is 29.8. The van der Waals surface area contributed by atoms with Gasteiger partial charge in [0, 0.05) is 104 Å². The van der Waals surface area contributed by atoms with Gasteiger partial charge in [-0.05, 0) is 155 Å². The predicted octanol–water partition coefficient (Wildman–Crippen LogP) is 26.6. The van der Waals surface area contributed by atoms with Crippen LogP contribution < -0.4 is 0 Å². The van der Waals surface area contributed by atoms with Crippen molar-refractivity contribution in [2.24, 2.45) is 0 Å². The third-order valence-electron chi connectivity index (χ3n) is 24.0. The van der Waals surface area contributed by atoms with Crippen molar-refractivity contribution in [1.82, 2.24) is 39.0 Å². The summed E-state index contributed by atoms with van der Waals surface area (Å²) < 4.78 is 18.7. The third-order valence-corrected chi connectivity index (χ3v) is 24.0. The van der Waals surface area contributed by atoms with Crippen molar-refractivity contribution in [2.45, 2.75) is 0 Å². The molecular weight excluding hydrogens is 1370 g/mol. The third kappa shape index (κ3) is 8.25. The molecule has 0 radical (unpaired) electrons. The normalized spacial score (nSPS) is 12.5. The van der Waals surface area contributed by atoms with Crippen LogP contribution in [0.15, 0.2) is 336 Å². The van der Waals surface area contributed by atoms with E-state index < -0.39 is 0 Å². The molecule has 18 aromatic carbocycles. The van der Waals surface area contributed by atoms with Gasteiger partial charge in [-0.2, -0.15) is 0 Å². The van der Waals surface area contributed by atoms with Crippen molar-refractivity contribution in [1.29, 1.82) is 0 Å². The lowest BCUT2D eigenvalue weighted by atomic mass is 9.94. The van der Waals surface area contributed by atoms with Crippen LogP contribution in [0, 0.1) is 0 Å². The van der Waals surface area contributed by atoms with E-state index in [1.54, 1.807) is 0 Å². The second kappa shape index (κ2) is 22.2. The molecule has 24 aromatic rings. The fraction of sp³-hybridized carbons (Fsp3) is 0. The molecule has 10 heteroatoms. The highest BCUT2D eigenvalue weighted by Crippen LogP contribution is 2.55. The minimum Gasteiger partial charge on any atom is -0.456 e. The van der Waals surface area contributed by atoms with Crippen molar-refractivity contribution in [3.8, 4) is 113 Å². The van der Waals surface area contributed by atoms with Crippen LogP contribution in [-0.2, 0) is 0 Å². The molecule has 0 spiro atoms.